The van der Waals surface area contributed by atoms with Crippen molar-refractivity contribution in [3.63, 3.8) is 0 Å². The number of fused-ring (bicyclic) bond motifs is 1. The van der Waals surface area contributed by atoms with E-state index in [1.165, 1.54) is 31.2 Å². The van der Waals surface area contributed by atoms with E-state index in [4.69, 9.17) is 5.26 Å². The Morgan fingerprint density at radius 2 is 1.95 bits per heavy atom. The first-order valence-electron chi connectivity index (χ1n) is 8.07. The third kappa shape index (κ3) is 2.69. The molecule has 2 fully saturated rings. The van der Waals surface area contributed by atoms with Gasteiger partial charge in [0.25, 0.3) is 0 Å². The number of rotatable bonds is 6. The van der Waals surface area contributed by atoms with Crippen molar-refractivity contribution in [1.82, 2.24) is 9.88 Å². The van der Waals surface area contributed by atoms with Crippen LogP contribution in [0.2, 0.25) is 0 Å². The van der Waals surface area contributed by atoms with Crippen LogP contribution in [0.5, 0.6) is 0 Å². The monoisotopic (exact) mass is 279 g/mol. The second-order valence-corrected chi connectivity index (χ2v) is 6.55. The van der Waals surface area contributed by atoms with Gasteiger partial charge in [0.05, 0.1) is 11.6 Å². The minimum Gasteiger partial charge on any atom is -0.346 e. The highest BCUT2D eigenvalue weighted by atomic mass is 15.0. The van der Waals surface area contributed by atoms with Crippen molar-refractivity contribution < 1.29 is 0 Å². The zero-order valence-electron chi connectivity index (χ0n) is 12.3. The van der Waals surface area contributed by atoms with Crippen molar-refractivity contribution in [2.75, 3.05) is 6.54 Å². The van der Waals surface area contributed by atoms with Gasteiger partial charge in [0.15, 0.2) is 0 Å². The summed E-state index contributed by atoms with van der Waals surface area (Å²) in [4.78, 5) is 0. The Morgan fingerprint density at radius 3 is 2.62 bits per heavy atom. The van der Waals surface area contributed by atoms with Crippen LogP contribution in [0.3, 0.4) is 0 Å². The summed E-state index contributed by atoms with van der Waals surface area (Å²) >= 11 is 0. The minimum absolute atomic E-state index is 0.737. The Hall–Kier alpha value is -1.79. The van der Waals surface area contributed by atoms with E-state index in [1.54, 1.807) is 0 Å². The highest BCUT2D eigenvalue weighted by molar-refractivity contribution is 5.81. The molecule has 2 aliphatic rings. The van der Waals surface area contributed by atoms with Crippen LogP contribution in [0, 0.1) is 23.2 Å². The van der Waals surface area contributed by atoms with E-state index in [9.17, 15) is 0 Å². The largest absolute Gasteiger partial charge is 0.346 e. The summed E-state index contributed by atoms with van der Waals surface area (Å²) in [5.74, 6) is 1.91. The molecule has 2 aromatic rings. The number of hydrogen-bond acceptors (Lipinski definition) is 2. The first kappa shape index (κ1) is 12.9. The molecule has 0 aliphatic heterocycles. The zero-order chi connectivity index (χ0) is 14.2. The summed E-state index contributed by atoms with van der Waals surface area (Å²) in [5.41, 5.74) is 1.96. The van der Waals surface area contributed by atoms with Crippen LogP contribution < -0.4 is 5.32 Å². The number of nitrogens with zero attached hydrogens (tertiary/aromatic N) is 2. The van der Waals surface area contributed by atoms with Gasteiger partial charge in [-0.2, -0.15) is 5.26 Å². The summed E-state index contributed by atoms with van der Waals surface area (Å²) in [6.07, 6.45) is 7.85. The lowest BCUT2D eigenvalue weighted by molar-refractivity contribution is 0.408. The van der Waals surface area contributed by atoms with Gasteiger partial charge in [0.1, 0.15) is 0 Å². The van der Waals surface area contributed by atoms with Crippen LogP contribution in [0.15, 0.2) is 30.5 Å². The van der Waals surface area contributed by atoms with Crippen LogP contribution in [-0.2, 0) is 6.54 Å². The van der Waals surface area contributed by atoms with Gasteiger partial charge in [-0.3, -0.25) is 0 Å². The maximum atomic E-state index is 8.96. The minimum atomic E-state index is 0.737. The fraction of sp³-hybridized carbons (Fsp3) is 0.500. The SMILES string of the molecule is N#Cc1ccc2c(ccn2CCNC(C2CC2)C2CC2)c1. The van der Waals surface area contributed by atoms with Crippen LogP contribution in [0.25, 0.3) is 10.9 Å². The van der Waals surface area contributed by atoms with Gasteiger partial charge in [-0.1, -0.05) is 0 Å². The molecule has 108 valence electrons. The van der Waals surface area contributed by atoms with Crippen molar-refractivity contribution in [2.24, 2.45) is 11.8 Å². The number of benzene rings is 1. The lowest BCUT2D eigenvalue weighted by Gasteiger charge is -2.18. The van der Waals surface area contributed by atoms with Gasteiger partial charge >= 0.3 is 0 Å². The second-order valence-electron chi connectivity index (χ2n) is 6.55. The lowest BCUT2D eigenvalue weighted by Crippen LogP contribution is -2.35. The van der Waals surface area contributed by atoms with E-state index in [0.29, 0.717) is 0 Å². The summed E-state index contributed by atoms with van der Waals surface area (Å²) in [6.45, 7) is 2.05. The maximum Gasteiger partial charge on any atom is 0.0991 e. The third-order valence-electron chi connectivity index (χ3n) is 4.89. The maximum absolute atomic E-state index is 8.96. The summed E-state index contributed by atoms with van der Waals surface area (Å²) in [6, 6.07) is 11.0. The van der Waals surface area contributed by atoms with E-state index in [2.05, 4.69) is 34.3 Å². The molecule has 1 aromatic heterocycles. The Labute approximate surface area is 125 Å². The van der Waals surface area contributed by atoms with Crippen molar-refractivity contribution in [3.05, 3.63) is 36.0 Å². The third-order valence-corrected chi connectivity index (χ3v) is 4.89. The molecular formula is C18H21N3. The quantitative estimate of drug-likeness (QED) is 0.881. The molecule has 0 amide bonds. The van der Waals surface area contributed by atoms with Gasteiger partial charge < -0.3 is 9.88 Å². The standard InChI is InChI=1S/C18H21N3/c19-12-13-1-6-17-16(11-13)7-9-21(17)10-8-20-18(14-2-3-14)15-4-5-15/h1,6-7,9,11,14-15,18,20H,2-5,8,10H2. The molecule has 1 heterocycles. The van der Waals surface area contributed by atoms with Crippen LogP contribution >= 0.6 is 0 Å². The van der Waals surface area contributed by atoms with E-state index < -0.39 is 0 Å². The molecule has 3 nitrogen and oxygen atoms in total. The molecule has 0 radical (unpaired) electrons. The Bertz CT molecular complexity index is 674. The zero-order valence-corrected chi connectivity index (χ0v) is 12.3. The fourth-order valence-corrected chi connectivity index (χ4v) is 3.45. The molecule has 0 bridgehead atoms. The number of nitrogens with one attached hydrogen (secondary N) is 1. The predicted octanol–water partition coefficient (Wildman–Crippen LogP) is 3.29. The van der Waals surface area contributed by atoms with Crippen molar-refractivity contribution in [3.8, 4) is 6.07 Å². The summed E-state index contributed by atoms with van der Waals surface area (Å²) < 4.78 is 2.29. The number of hydrogen-bond donors (Lipinski definition) is 1. The highest BCUT2D eigenvalue weighted by Crippen LogP contribution is 2.44. The molecule has 2 aliphatic carbocycles. The average molecular weight is 279 g/mol. The molecule has 0 saturated heterocycles. The van der Waals surface area contributed by atoms with Gasteiger partial charge in [-0.15, -0.1) is 0 Å². The Morgan fingerprint density at radius 1 is 1.19 bits per heavy atom. The van der Waals surface area contributed by atoms with E-state index in [0.717, 1.165) is 41.9 Å². The van der Waals surface area contributed by atoms with Crippen LogP contribution in [-0.4, -0.2) is 17.2 Å². The Kier molecular flexibility index (Phi) is 3.20. The number of aromatic nitrogens is 1. The lowest BCUT2D eigenvalue weighted by atomic mass is 10.1. The molecule has 4 rings (SSSR count). The van der Waals surface area contributed by atoms with E-state index in [1.807, 2.05) is 12.1 Å². The van der Waals surface area contributed by atoms with Gasteiger partial charge in [0, 0.05) is 36.2 Å². The van der Waals surface area contributed by atoms with Crippen molar-refractivity contribution in [2.45, 2.75) is 38.3 Å². The normalized spacial score (nSPS) is 18.3. The van der Waals surface area contributed by atoms with Crippen LogP contribution in [0.4, 0.5) is 0 Å². The first-order valence-corrected chi connectivity index (χ1v) is 8.07. The molecule has 0 unspecified atom stereocenters. The molecule has 0 atom stereocenters. The van der Waals surface area contributed by atoms with E-state index >= 15 is 0 Å². The smallest absolute Gasteiger partial charge is 0.0991 e. The molecule has 0 spiro atoms. The summed E-state index contributed by atoms with van der Waals surface area (Å²) in [7, 11) is 0. The number of nitriles is 1. The molecule has 2 saturated carbocycles. The molecule has 1 N–H and O–H groups in total. The molecule has 21 heavy (non-hydrogen) atoms. The van der Waals surface area contributed by atoms with Crippen LogP contribution in [0.1, 0.15) is 31.2 Å². The van der Waals surface area contributed by atoms with Crippen molar-refractivity contribution in [1.29, 1.82) is 5.26 Å². The van der Waals surface area contributed by atoms with E-state index in [-0.39, 0.29) is 0 Å². The topological polar surface area (TPSA) is 40.8 Å². The van der Waals surface area contributed by atoms with Crippen molar-refractivity contribution >= 4 is 10.9 Å². The van der Waals surface area contributed by atoms with Gasteiger partial charge in [-0.05, 0) is 61.8 Å². The van der Waals surface area contributed by atoms with Gasteiger partial charge in [0.2, 0.25) is 0 Å². The average Bonchev–Trinajstić information content (AvgIpc) is 3.42. The fourth-order valence-electron chi connectivity index (χ4n) is 3.45. The molecule has 3 heteroatoms. The predicted molar refractivity (Wildman–Crippen MR) is 83.9 cm³/mol. The Balaban J connectivity index is 1.41. The van der Waals surface area contributed by atoms with Gasteiger partial charge in [-0.25, -0.2) is 0 Å². The summed E-state index contributed by atoms with van der Waals surface area (Å²) in [5, 5.41) is 13.9. The highest BCUT2D eigenvalue weighted by Gasteiger charge is 2.40. The second kappa shape index (κ2) is 5.20. The molecule has 1 aromatic carbocycles. The first-order chi connectivity index (χ1) is 10.3. The molecular weight excluding hydrogens is 258 g/mol.